The van der Waals surface area contributed by atoms with E-state index in [4.69, 9.17) is 41.5 Å². The van der Waals surface area contributed by atoms with Gasteiger partial charge in [-0.2, -0.15) is 15.2 Å². The topological polar surface area (TPSA) is 343 Å². The van der Waals surface area contributed by atoms with Crippen molar-refractivity contribution in [1.29, 1.82) is 0 Å². The molecule has 3 saturated heterocycles. The normalized spacial score (nSPS) is 19.1. The Morgan fingerprint density at radius 1 is 0.400 bits per heavy atom. The molecule has 6 heterocycles. The molecule has 0 bridgehead atoms. The molecule has 798 valence electrons. The first-order valence-corrected chi connectivity index (χ1v) is 60.5. The van der Waals surface area contributed by atoms with E-state index in [0.717, 1.165) is 99.5 Å². The summed E-state index contributed by atoms with van der Waals surface area (Å²) in [6, 6.07) is 69.5. The van der Waals surface area contributed by atoms with Crippen LogP contribution in [0.25, 0.3) is 32.7 Å². The number of benzene rings is 9. The van der Waals surface area contributed by atoms with Crippen LogP contribution in [-0.2, 0) is 104 Å². The molecule has 150 heavy (non-hydrogen) atoms. The summed E-state index contributed by atoms with van der Waals surface area (Å²) in [7, 11) is -13.4. The number of para-hydroxylation sites is 3. The summed E-state index contributed by atoms with van der Waals surface area (Å²) < 4.78 is 62.8. The van der Waals surface area contributed by atoms with Crippen LogP contribution in [0.1, 0.15) is 187 Å². The first-order chi connectivity index (χ1) is 70.8. The highest BCUT2D eigenvalue weighted by Gasteiger charge is 2.56. The van der Waals surface area contributed by atoms with Crippen LogP contribution in [0.2, 0.25) is 36.3 Å². The number of amides is 3. The van der Waals surface area contributed by atoms with E-state index >= 15 is 0 Å². The van der Waals surface area contributed by atoms with Crippen molar-refractivity contribution < 1.29 is 85.0 Å². The zero-order valence-electron chi connectivity index (χ0n) is 90.7. The highest BCUT2D eigenvalue weighted by molar-refractivity contribution is 7.48. The maximum atomic E-state index is 14.7. The van der Waals surface area contributed by atoms with E-state index in [-0.39, 0.29) is 47.8 Å². The number of H-pyrrole nitrogens is 3. The number of aromatic amines is 3. The number of rotatable bonds is 34. The molecule has 0 radical (unpaired) electrons. The molecule has 12 aromatic rings. The van der Waals surface area contributed by atoms with Crippen LogP contribution in [0.15, 0.2) is 237 Å². The molecule has 3 aliphatic heterocycles. The minimum absolute atomic E-state index is 0.0114. The second kappa shape index (κ2) is 50.7. The van der Waals surface area contributed by atoms with E-state index in [1.54, 1.807) is 51.7 Å². The van der Waals surface area contributed by atoms with Gasteiger partial charge in [0.15, 0.2) is 16.6 Å². The lowest BCUT2D eigenvalue weighted by molar-refractivity contribution is -0.192. The summed E-state index contributed by atoms with van der Waals surface area (Å²) >= 11 is 0. The molecule has 0 unspecified atom stereocenters. The maximum Gasteiger partial charge on any atom is 0.475 e. The maximum absolute atomic E-state index is 14.7. The van der Waals surface area contributed by atoms with Crippen LogP contribution in [0.5, 0.6) is 0 Å². The van der Waals surface area contributed by atoms with Crippen LogP contribution >= 0.6 is 15.6 Å². The largest absolute Gasteiger partial charge is 0.475 e. The molecule has 0 spiro atoms. The molecule has 3 fully saturated rings. The molecule has 3 aliphatic rings. The fourth-order valence-electron chi connectivity index (χ4n) is 18.1. The number of hydrogen-bond acceptors (Lipinski definition) is 19. The smallest absolute Gasteiger partial charge is 0.411 e. The number of phosphoric acid groups is 2. The second-order valence-electron chi connectivity index (χ2n) is 44.4. The SMILES string of the molecule is Cc1ccc(C#Cc2ccc(CN3O[C@@H]([C@H](C)O)[C@@H](COP(=O)(O)O)[C@H]3C(=O)NCCc3c[nH]c4ccccc34)cc2)cc1.Cc1ccc(C#Cc2ccc(CN3O[C@@H]([C@H](C)O[Si](C)(C)C(C)(C)C)[C@@H](CO)[C@H]3C(=O)NCCc3c[nH]c4ccccc34)cc2)cc1.Cc1ccc(C#Cc2ccc(CN3O[C@@H]([C@H](C)O[Si](C)(C)C(C)(C)C)[C@@H](COP(=O)(OC(C)(C)C)OC(C)(C)C)[C@H]3C(=O)NCCc3c[nH]c4ccccc34)cc2)cc1. The van der Waals surface area contributed by atoms with Gasteiger partial charge >= 0.3 is 15.6 Å². The van der Waals surface area contributed by atoms with E-state index in [0.29, 0.717) is 52.0 Å². The third kappa shape index (κ3) is 32.3. The third-order valence-electron chi connectivity index (χ3n) is 28.0. The summed E-state index contributed by atoms with van der Waals surface area (Å²) in [6.45, 7) is 45.7. The number of nitrogens with one attached hydrogen (secondary N) is 6. The van der Waals surface area contributed by atoms with Gasteiger partial charge in [-0.3, -0.25) is 47.0 Å². The van der Waals surface area contributed by atoms with Crippen molar-refractivity contribution in [3.05, 3.63) is 320 Å². The lowest BCUT2D eigenvalue weighted by Crippen LogP contribution is -2.50. The Balaban J connectivity index is 0.000000190. The monoisotopic (exact) mass is 2110 g/mol. The Hall–Kier alpha value is -11.1. The molecular weight excluding hydrogens is 1960 g/mol. The Morgan fingerprint density at radius 3 is 0.947 bits per heavy atom. The fourth-order valence-corrected chi connectivity index (χ4v) is 23.2. The number of fused-ring (bicyclic) bond motifs is 3. The quantitative estimate of drug-likeness (QED) is 0.0102. The zero-order valence-corrected chi connectivity index (χ0v) is 94.5. The number of nitrogens with zero attached hydrogens (tertiary/aromatic N) is 3. The van der Waals surface area contributed by atoms with Gasteiger partial charge in [0.05, 0.1) is 69.0 Å². The first-order valence-electron chi connectivity index (χ1n) is 51.7. The standard InChI is InChI=1S/C47H66N3O7PSi.C39H49N3O4Si.C33H36N3O7P/c1-33-18-20-35(21-19-33)22-23-36-24-26-37(27-25-36)31-50-42(44(51)48-29-28-38-30-49-41-17-15-14-16-39(38)41)40(43(54-50)34(2)55-59(12,13)47(9,10)11)32-53-58(52,56-45(3,4)5)57-46(6,7)8;1-27-12-14-29(15-13-27)16-17-30-18-20-31(21-19-30)25-42-36(34(26-43)37(45-42)28(2)46-47(6,7)39(3,4)5)38(44)40-23-22-32-24-41-35-11-9-8-10-33(32)35;1-22-7-9-24(10-8-22)11-12-25-13-15-26(16-14-25)20-36-31(29(21-42-44(39,40)41)32(43-36)23(2)37)33(38)34-18-17-27-19-35-30-6-4-3-5-28(27)30/h14-21,24-27,30,34,40,42-43,49H,28-29,31-32H2,1-13H3,(H,48,51);8-15,18-21,24,28,34,36-37,41,43H,22-23,25-26H2,1-7H3,(H,40,44);3-10,13-16,19,23,29,31-32,35,37H,17-18,20-21H2,1-2H3,(H,34,38)(H2,39,40,41)/t34-,40-,42-,43-;28-,34-,36-,37-;23-,29-,31-,32-/m000/s1. The van der Waals surface area contributed by atoms with Crippen molar-refractivity contribution in [3.8, 4) is 35.5 Å². The molecule has 31 heteroatoms. The average Bonchev–Trinajstić information content (AvgIpc) is 1.61. The molecule has 10 N–H and O–H groups in total. The number of aliphatic hydroxyl groups excluding tert-OH is 2. The van der Waals surface area contributed by atoms with Gasteiger partial charge in [0.2, 0.25) is 17.7 Å². The molecule has 9 aromatic carbocycles. The van der Waals surface area contributed by atoms with Crippen molar-refractivity contribution in [2.24, 2.45) is 17.8 Å². The third-order valence-corrected chi connectivity index (χ3v) is 39.6. The van der Waals surface area contributed by atoms with E-state index in [1.807, 2.05) is 221 Å². The molecule has 0 aliphatic carbocycles. The molecule has 3 aromatic heterocycles. The minimum atomic E-state index is -4.84. The second-order valence-corrected chi connectivity index (χ2v) is 56.7. The number of carbonyl (C=O) groups is 3. The molecule has 27 nitrogen and oxygen atoms in total. The Bertz CT molecular complexity index is 6810. The Labute approximate surface area is 887 Å². The molecular formula is C119H151N9O18P2Si2. The zero-order chi connectivity index (χ0) is 108. The number of carbonyl (C=O) groups excluding carboxylic acids is 3. The van der Waals surface area contributed by atoms with Gasteiger partial charge in [-0.25, -0.2) is 9.13 Å². The molecule has 3 amide bonds. The van der Waals surface area contributed by atoms with Crippen LogP contribution in [0.4, 0.5) is 0 Å². The lowest BCUT2D eigenvalue weighted by atomic mass is 9.92. The van der Waals surface area contributed by atoms with Crippen molar-refractivity contribution in [2.45, 2.75) is 266 Å². The van der Waals surface area contributed by atoms with E-state index in [1.165, 1.54) is 28.7 Å². The molecule has 0 saturated carbocycles. The number of hydroxylamine groups is 6. The van der Waals surface area contributed by atoms with Gasteiger partial charge in [-0.1, -0.05) is 221 Å². The van der Waals surface area contributed by atoms with Gasteiger partial charge < -0.3 is 59.8 Å². The van der Waals surface area contributed by atoms with Gasteiger partial charge in [0, 0.05) is 122 Å². The highest BCUT2D eigenvalue weighted by Crippen LogP contribution is 2.57. The number of phosphoric ester groups is 2. The summed E-state index contributed by atoms with van der Waals surface area (Å²) in [5.74, 6) is 16.5. The van der Waals surface area contributed by atoms with Gasteiger partial charge in [0.1, 0.15) is 36.4 Å². The van der Waals surface area contributed by atoms with Crippen molar-refractivity contribution in [2.75, 3.05) is 39.5 Å². The lowest BCUT2D eigenvalue weighted by Gasteiger charge is -2.40. The number of hydrogen-bond donors (Lipinski definition) is 10. The summed E-state index contributed by atoms with van der Waals surface area (Å²) in [4.78, 5) is 90.3. The summed E-state index contributed by atoms with van der Waals surface area (Å²) in [6.07, 6.45) is 3.97. The number of aromatic nitrogens is 3. The van der Waals surface area contributed by atoms with Crippen LogP contribution in [0, 0.1) is 74.0 Å². The molecule has 12 atom stereocenters. The summed E-state index contributed by atoms with van der Waals surface area (Å²) in [5, 5.41) is 38.7. The van der Waals surface area contributed by atoms with E-state index in [2.05, 4.69) is 184 Å². The predicted octanol–water partition coefficient (Wildman–Crippen LogP) is 21.1. The van der Waals surface area contributed by atoms with Gasteiger partial charge in [-0.15, -0.1) is 0 Å². The van der Waals surface area contributed by atoms with Crippen molar-refractivity contribution >= 4 is 82.7 Å². The number of aryl methyl sites for hydroxylation is 3. The van der Waals surface area contributed by atoms with Gasteiger partial charge in [0.25, 0.3) is 0 Å². The van der Waals surface area contributed by atoms with Crippen molar-refractivity contribution in [3.63, 3.8) is 0 Å². The van der Waals surface area contributed by atoms with E-state index in [9.17, 15) is 43.5 Å². The number of aliphatic hydroxyl groups is 2. The Kier molecular flexibility index (Phi) is 39.2. The Morgan fingerprint density at radius 2 is 0.667 bits per heavy atom. The highest BCUT2D eigenvalue weighted by atomic mass is 31.2. The van der Waals surface area contributed by atoms with Crippen LogP contribution < -0.4 is 16.0 Å². The fraction of sp³-hybridized carbons (Fsp3) is 0.420. The average molecular weight is 2110 g/mol. The minimum Gasteiger partial charge on any atom is -0.411 e. The van der Waals surface area contributed by atoms with Gasteiger partial charge in [-0.05, 0) is 263 Å². The predicted molar refractivity (Wildman–Crippen MR) is 596 cm³/mol. The van der Waals surface area contributed by atoms with Crippen LogP contribution in [0.3, 0.4) is 0 Å². The molecule has 15 rings (SSSR count). The van der Waals surface area contributed by atoms with E-state index < -0.39 is 122 Å². The van der Waals surface area contributed by atoms with Crippen molar-refractivity contribution in [1.82, 2.24) is 46.1 Å². The summed E-state index contributed by atoms with van der Waals surface area (Å²) in [5.41, 5.74) is 16.5. The van der Waals surface area contributed by atoms with Crippen LogP contribution in [-0.4, -0.2) is 190 Å². The first kappa shape index (κ1) is 116.